The highest BCUT2D eigenvalue weighted by Gasteiger charge is 2.03. The smallest absolute Gasteiger partial charge is 0.191 e. The molecule has 2 N–H and O–H groups in total. The van der Waals surface area contributed by atoms with Crippen molar-refractivity contribution in [1.29, 1.82) is 0 Å². The van der Waals surface area contributed by atoms with Crippen molar-refractivity contribution in [1.82, 2.24) is 20.6 Å². The molecule has 0 aliphatic rings. The van der Waals surface area contributed by atoms with Crippen LogP contribution in [0, 0.1) is 6.92 Å². The average molecular weight is 366 g/mol. The summed E-state index contributed by atoms with van der Waals surface area (Å²) in [5.41, 5.74) is 3.29. The Hall–Kier alpha value is -2.73. The molecule has 0 unspecified atom stereocenters. The fourth-order valence-electron chi connectivity index (χ4n) is 2.59. The third-order valence-electron chi connectivity index (χ3n) is 3.87. The number of nitrogens with zero attached hydrogens (tertiary/aromatic N) is 3. The molecule has 0 radical (unpaired) electrons. The van der Waals surface area contributed by atoms with Gasteiger partial charge in [0.05, 0.1) is 10.7 Å². The number of hydrogen-bond donors (Lipinski definition) is 2. The largest absolute Gasteiger partial charge is 0.356 e. The molecule has 0 aliphatic heterocycles. The molecule has 2 aromatic heterocycles. The van der Waals surface area contributed by atoms with Gasteiger partial charge in [-0.2, -0.15) is 0 Å². The first-order valence-corrected chi connectivity index (χ1v) is 9.42. The molecule has 0 aliphatic carbocycles. The highest BCUT2D eigenvalue weighted by molar-refractivity contribution is 7.11. The van der Waals surface area contributed by atoms with Crippen molar-refractivity contribution in [2.45, 2.75) is 19.9 Å². The normalized spacial score (nSPS) is 11.4. The molecule has 0 bridgehead atoms. The first-order valence-electron chi connectivity index (χ1n) is 8.61. The maximum atomic E-state index is 4.41. The van der Waals surface area contributed by atoms with Crippen LogP contribution in [0.1, 0.15) is 15.4 Å². The van der Waals surface area contributed by atoms with Gasteiger partial charge in [0.15, 0.2) is 5.96 Å². The molecule has 0 fully saturated rings. The summed E-state index contributed by atoms with van der Waals surface area (Å²) in [6.07, 6.45) is 4.63. The zero-order valence-corrected chi connectivity index (χ0v) is 15.9. The van der Waals surface area contributed by atoms with E-state index < -0.39 is 0 Å². The van der Waals surface area contributed by atoms with Crippen molar-refractivity contribution >= 4 is 17.3 Å². The third kappa shape index (κ3) is 5.13. The van der Waals surface area contributed by atoms with E-state index in [1.165, 1.54) is 10.4 Å². The van der Waals surface area contributed by atoms with E-state index in [1.54, 1.807) is 18.4 Å². The first kappa shape index (κ1) is 18.1. The molecule has 26 heavy (non-hydrogen) atoms. The molecule has 3 aromatic rings. The predicted molar refractivity (Wildman–Crippen MR) is 108 cm³/mol. The average Bonchev–Trinajstić information content (AvgIpc) is 3.10. The standard InChI is InChI=1S/C20H23N5S/c1-15-13-24-19(26-15)9-11-23-20(21-2)25-14-16-6-5-7-17(12-16)18-8-3-4-10-22-18/h3-8,10,12-13H,9,11,14H2,1-2H3,(H2,21,23,25). The van der Waals surface area contributed by atoms with Crippen LogP contribution in [-0.4, -0.2) is 29.5 Å². The lowest BCUT2D eigenvalue weighted by Gasteiger charge is -2.12. The Balaban J connectivity index is 1.52. The molecule has 0 atom stereocenters. The molecule has 5 nitrogen and oxygen atoms in total. The fourth-order valence-corrected chi connectivity index (χ4v) is 3.37. The second-order valence-electron chi connectivity index (χ2n) is 5.88. The summed E-state index contributed by atoms with van der Waals surface area (Å²) < 4.78 is 0. The van der Waals surface area contributed by atoms with Gasteiger partial charge in [0, 0.05) is 49.4 Å². The van der Waals surface area contributed by atoms with E-state index in [2.05, 4.69) is 56.8 Å². The predicted octanol–water partition coefficient (Wildman–Crippen LogP) is 3.42. The topological polar surface area (TPSA) is 62.2 Å². The first-order chi connectivity index (χ1) is 12.7. The summed E-state index contributed by atoms with van der Waals surface area (Å²) in [6.45, 7) is 3.59. The Labute approximate surface area is 158 Å². The van der Waals surface area contributed by atoms with Gasteiger partial charge >= 0.3 is 0 Å². The molecule has 0 saturated heterocycles. The number of guanidine groups is 1. The van der Waals surface area contributed by atoms with Gasteiger partial charge in [-0.25, -0.2) is 4.98 Å². The van der Waals surface area contributed by atoms with Gasteiger partial charge in [-0.05, 0) is 30.7 Å². The van der Waals surface area contributed by atoms with E-state index >= 15 is 0 Å². The zero-order chi connectivity index (χ0) is 18.2. The molecule has 1 aromatic carbocycles. The summed E-state index contributed by atoms with van der Waals surface area (Å²) in [7, 11) is 1.78. The Morgan fingerprint density at radius 1 is 1.12 bits per heavy atom. The maximum Gasteiger partial charge on any atom is 0.191 e. The van der Waals surface area contributed by atoms with Crippen LogP contribution in [0.5, 0.6) is 0 Å². The van der Waals surface area contributed by atoms with Crippen molar-refractivity contribution < 1.29 is 0 Å². The lowest BCUT2D eigenvalue weighted by atomic mass is 10.1. The molecule has 134 valence electrons. The summed E-state index contributed by atoms with van der Waals surface area (Å²) >= 11 is 1.74. The Bertz CT molecular complexity index is 857. The van der Waals surface area contributed by atoms with Crippen LogP contribution >= 0.6 is 11.3 Å². The van der Waals surface area contributed by atoms with Crippen molar-refractivity contribution in [3.8, 4) is 11.3 Å². The number of hydrogen-bond acceptors (Lipinski definition) is 4. The molecule has 0 amide bonds. The number of aryl methyl sites for hydroxylation is 1. The second kappa shape index (κ2) is 9.10. The Kier molecular flexibility index (Phi) is 6.33. The molecular formula is C20H23N5S. The molecule has 0 saturated carbocycles. The minimum absolute atomic E-state index is 0.705. The van der Waals surface area contributed by atoms with Crippen LogP contribution < -0.4 is 10.6 Å². The van der Waals surface area contributed by atoms with E-state index in [-0.39, 0.29) is 0 Å². The Morgan fingerprint density at radius 2 is 2.04 bits per heavy atom. The van der Waals surface area contributed by atoms with Crippen molar-refractivity contribution in [3.63, 3.8) is 0 Å². The minimum atomic E-state index is 0.705. The summed E-state index contributed by atoms with van der Waals surface area (Å²) in [6, 6.07) is 14.3. The van der Waals surface area contributed by atoms with Gasteiger partial charge in [0.1, 0.15) is 0 Å². The molecule has 3 rings (SSSR count). The zero-order valence-electron chi connectivity index (χ0n) is 15.1. The van der Waals surface area contributed by atoms with E-state index in [0.29, 0.717) is 6.54 Å². The lowest BCUT2D eigenvalue weighted by molar-refractivity contribution is 0.792. The van der Waals surface area contributed by atoms with Crippen LogP contribution in [0.3, 0.4) is 0 Å². The van der Waals surface area contributed by atoms with E-state index in [4.69, 9.17) is 0 Å². The van der Waals surface area contributed by atoms with Gasteiger partial charge in [-0.15, -0.1) is 11.3 Å². The monoisotopic (exact) mass is 365 g/mol. The van der Waals surface area contributed by atoms with Crippen LogP contribution in [0.4, 0.5) is 0 Å². The van der Waals surface area contributed by atoms with Crippen molar-refractivity contribution in [2.75, 3.05) is 13.6 Å². The quantitative estimate of drug-likeness (QED) is 0.519. The maximum absolute atomic E-state index is 4.41. The van der Waals surface area contributed by atoms with Gasteiger partial charge in [0.2, 0.25) is 0 Å². The third-order valence-corrected chi connectivity index (χ3v) is 4.84. The summed E-state index contributed by atoms with van der Waals surface area (Å²) in [5, 5.41) is 7.84. The number of benzene rings is 1. The van der Waals surface area contributed by atoms with Gasteiger partial charge in [-0.1, -0.05) is 24.3 Å². The van der Waals surface area contributed by atoms with Crippen LogP contribution in [0.15, 0.2) is 59.9 Å². The van der Waals surface area contributed by atoms with Gasteiger partial charge < -0.3 is 10.6 Å². The highest BCUT2D eigenvalue weighted by atomic mass is 32.1. The SMILES string of the molecule is CN=C(NCCc1ncc(C)s1)NCc1cccc(-c2ccccn2)c1. The number of aliphatic imine (C=N–C) groups is 1. The van der Waals surface area contributed by atoms with E-state index in [0.717, 1.165) is 35.2 Å². The molecular weight excluding hydrogens is 342 g/mol. The highest BCUT2D eigenvalue weighted by Crippen LogP contribution is 2.17. The number of pyridine rings is 1. The summed E-state index contributed by atoms with van der Waals surface area (Å²) in [4.78, 5) is 14.3. The van der Waals surface area contributed by atoms with E-state index in [9.17, 15) is 0 Å². The molecule has 0 spiro atoms. The van der Waals surface area contributed by atoms with Crippen LogP contribution in [-0.2, 0) is 13.0 Å². The lowest BCUT2D eigenvalue weighted by Crippen LogP contribution is -2.37. The van der Waals surface area contributed by atoms with Crippen LogP contribution in [0.2, 0.25) is 0 Å². The molecule has 6 heteroatoms. The van der Waals surface area contributed by atoms with Crippen molar-refractivity contribution in [2.24, 2.45) is 4.99 Å². The number of thiazole rings is 1. The Morgan fingerprint density at radius 3 is 2.77 bits per heavy atom. The van der Waals surface area contributed by atoms with E-state index in [1.807, 2.05) is 30.6 Å². The number of nitrogens with one attached hydrogen (secondary N) is 2. The fraction of sp³-hybridized carbons (Fsp3) is 0.250. The molecule has 2 heterocycles. The van der Waals surface area contributed by atoms with Gasteiger partial charge in [-0.3, -0.25) is 9.98 Å². The minimum Gasteiger partial charge on any atom is -0.356 e. The number of aromatic nitrogens is 2. The summed E-state index contributed by atoms with van der Waals surface area (Å²) in [5.74, 6) is 0.793. The van der Waals surface area contributed by atoms with Crippen LogP contribution in [0.25, 0.3) is 11.3 Å². The second-order valence-corrected chi connectivity index (χ2v) is 7.20. The number of rotatable bonds is 6. The van der Waals surface area contributed by atoms with Gasteiger partial charge in [0.25, 0.3) is 0 Å². The van der Waals surface area contributed by atoms with Crippen molar-refractivity contribution in [3.05, 3.63) is 70.3 Å².